The van der Waals surface area contributed by atoms with Crippen LogP contribution in [0.5, 0.6) is 0 Å². The van der Waals surface area contributed by atoms with Crippen LogP contribution < -0.4 is 9.80 Å². The minimum Gasteiger partial charge on any atom is -0.310 e. The van der Waals surface area contributed by atoms with Crippen molar-refractivity contribution < 1.29 is 9.59 Å². The van der Waals surface area contributed by atoms with Crippen molar-refractivity contribution in [3.8, 4) is 0 Å². The topological polar surface area (TPSA) is 40.6 Å². The van der Waals surface area contributed by atoms with E-state index in [1.54, 1.807) is 16.8 Å². The molecule has 0 bridgehead atoms. The molecule has 5 heteroatoms. The molecule has 0 spiro atoms. The number of nitrogens with zero attached hydrogens (tertiary/aromatic N) is 2. The van der Waals surface area contributed by atoms with Gasteiger partial charge in [0.1, 0.15) is 0 Å². The molecule has 3 aromatic carbocycles. The Morgan fingerprint density at radius 3 is 1.75 bits per heavy atom. The standard InChI is InChI=1S/C31H20N2O2S/c34-30-23(31(35)25-19-36-18-24(25)30)17-20-14-15-22(16-20)33-28-12-6-4-10-26(28)32(21-8-2-1-3-9-21)27-11-5-7-13-29(27)33/h1-15,17-19H,16H2. The average molecular weight is 485 g/mol. The zero-order chi connectivity index (χ0) is 24.2. The lowest BCUT2D eigenvalue weighted by Gasteiger charge is -2.40. The molecule has 0 saturated heterocycles. The second kappa shape index (κ2) is 8.04. The molecule has 1 aliphatic heterocycles. The smallest absolute Gasteiger partial charge is 0.198 e. The second-order valence-electron chi connectivity index (χ2n) is 8.98. The quantitative estimate of drug-likeness (QED) is 0.219. The fraction of sp³-hybridized carbons (Fsp3) is 0.0323. The summed E-state index contributed by atoms with van der Waals surface area (Å²) in [6.07, 6.45) is 6.52. The highest BCUT2D eigenvalue weighted by molar-refractivity contribution is 7.08. The molecule has 0 unspecified atom stereocenters. The number of benzene rings is 3. The molecule has 172 valence electrons. The second-order valence-corrected chi connectivity index (χ2v) is 9.72. The number of hydrogen-bond acceptors (Lipinski definition) is 5. The van der Waals surface area contributed by atoms with Crippen molar-refractivity contribution in [1.29, 1.82) is 0 Å². The minimum absolute atomic E-state index is 0.169. The molecule has 4 nitrogen and oxygen atoms in total. The first-order valence-corrected chi connectivity index (χ1v) is 12.8. The SMILES string of the molecule is O=C1C(=CC2=CC=C(N3c4ccccc4N(c4ccccc4)c4ccccc43)C2)C(=O)c2cscc21. The third-order valence-corrected chi connectivity index (χ3v) is 7.62. The van der Waals surface area contributed by atoms with Gasteiger partial charge in [-0.25, -0.2) is 0 Å². The van der Waals surface area contributed by atoms with Gasteiger partial charge in [0.2, 0.25) is 0 Å². The zero-order valence-corrected chi connectivity index (χ0v) is 20.0. The maximum atomic E-state index is 12.8. The number of Topliss-reactive ketones (excluding diaryl/α,β-unsaturated/α-hetero) is 2. The Bertz CT molecular complexity index is 1580. The first-order chi connectivity index (χ1) is 17.7. The number of fused-ring (bicyclic) bond motifs is 3. The molecule has 0 atom stereocenters. The van der Waals surface area contributed by atoms with Crippen LogP contribution in [0.1, 0.15) is 27.1 Å². The Kier molecular flexibility index (Phi) is 4.66. The molecular formula is C31H20N2O2S. The van der Waals surface area contributed by atoms with Crippen molar-refractivity contribution >= 4 is 51.3 Å². The van der Waals surface area contributed by atoms with Crippen LogP contribution in [0.4, 0.5) is 28.4 Å². The molecule has 2 heterocycles. The molecule has 0 saturated carbocycles. The van der Waals surface area contributed by atoms with E-state index < -0.39 is 0 Å². The Hall–Kier alpha value is -4.48. The van der Waals surface area contributed by atoms with Gasteiger partial charge < -0.3 is 9.80 Å². The number of thiophene rings is 1. The fourth-order valence-electron chi connectivity index (χ4n) is 5.25. The molecule has 3 aliphatic rings. The van der Waals surface area contributed by atoms with Gasteiger partial charge in [-0.15, -0.1) is 0 Å². The molecule has 4 aromatic rings. The van der Waals surface area contributed by atoms with E-state index in [1.807, 2.05) is 12.1 Å². The number of rotatable bonds is 3. The first kappa shape index (κ1) is 20.9. The van der Waals surface area contributed by atoms with Gasteiger partial charge in [0.15, 0.2) is 11.6 Å². The highest BCUT2D eigenvalue weighted by atomic mass is 32.1. The summed E-state index contributed by atoms with van der Waals surface area (Å²) in [6.45, 7) is 0. The molecule has 7 rings (SSSR count). The lowest BCUT2D eigenvalue weighted by Crippen LogP contribution is -2.26. The molecule has 0 N–H and O–H groups in total. The summed E-state index contributed by atoms with van der Waals surface area (Å²) in [5.74, 6) is -0.337. The van der Waals surface area contributed by atoms with E-state index in [2.05, 4.69) is 88.7 Å². The van der Waals surface area contributed by atoms with Gasteiger partial charge in [-0.1, -0.05) is 48.5 Å². The Morgan fingerprint density at radius 1 is 0.639 bits per heavy atom. The summed E-state index contributed by atoms with van der Waals surface area (Å²) >= 11 is 1.39. The van der Waals surface area contributed by atoms with Crippen molar-refractivity contribution in [3.63, 3.8) is 0 Å². The van der Waals surface area contributed by atoms with Crippen molar-refractivity contribution in [2.24, 2.45) is 0 Å². The van der Waals surface area contributed by atoms with Crippen molar-refractivity contribution in [2.75, 3.05) is 9.80 Å². The number of carbonyl (C=O) groups excluding carboxylic acids is 2. The minimum atomic E-state index is -0.169. The zero-order valence-electron chi connectivity index (χ0n) is 19.2. The van der Waals surface area contributed by atoms with Crippen LogP contribution in [0.25, 0.3) is 0 Å². The summed E-state index contributed by atoms with van der Waals surface area (Å²) < 4.78 is 0. The fourth-order valence-corrected chi connectivity index (χ4v) is 6.06. The van der Waals surface area contributed by atoms with E-state index in [9.17, 15) is 9.59 Å². The predicted octanol–water partition coefficient (Wildman–Crippen LogP) is 7.89. The first-order valence-electron chi connectivity index (χ1n) is 11.8. The highest BCUT2D eigenvalue weighted by Gasteiger charge is 2.35. The van der Waals surface area contributed by atoms with E-state index in [0.717, 1.165) is 39.7 Å². The van der Waals surface area contributed by atoms with Crippen LogP contribution in [0.15, 0.2) is 125 Å². The molecule has 0 fully saturated rings. The van der Waals surface area contributed by atoms with Gasteiger partial charge in [0, 0.05) is 39.7 Å². The summed E-state index contributed by atoms with van der Waals surface area (Å²) in [6, 6.07) is 27.2. The Balaban J connectivity index is 1.27. The lowest BCUT2D eigenvalue weighted by atomic mass is 10.0. The van der Waals surface area contributed by atoms with E-state index in [-0.39, 0.29) is 17.1 Å². The highest BCUT2D eigenvalue weighted by Crippen LogP contribution is 2.53. The monoisotopic (exact) mass is 484 g/mol. The van der Waals surface area contributed by atoms with E-state index in [4.69, 9.17) is 0 Å². The number of hydrogen-bond donors (Lipinski definition) is 0. The van der Waals surface area contributed by atoms with Crippen molar-refractivity contribution in [3.05, 3.63) is 136 Å². The molecule has 2 aliphatic carbocycles. The maximum Gasteiger partial charge on any atom is 0.198 e. The lowest BCUT2D eigenvalue weighted by molar-refractivity contribution is 0.0988. The largest absolute Gasteiger partial charge is 0.310 e. The molecule has 1 aromatic heterocycles. The maximum absolute atomic E-state index is 12.8. The van der Waals surface area contributed by atoms with Crippen molar-refractivity contribution in [2.45, 2.75) is 6.42 Å². The third kappa shape index (κ3) is 3.06. The number of ketones is 2. The van der Waals surface area contributed by atoms with Crippen LogP contribution in [0.3, 0.4) is 0 Å². The molecule has 36 heavy (non-hydrogen) atoms. The van der Waals surface area contributed by atoms with Gasteiger partial charge in [0.05, 0.1) is 28.3 Å². The van der Waals surface area contributed by atoms with Crippen LogP contribution in [-0.2, 0) is 0 Å². The van der Waals surface area contributed by atoms with Crippen LogP contribution >= 0.6 is 11.3 Å². The van der Waals surface area contributed by atoms with Crippen LogP contribution in [-0.4, -0.2) is 11.6 Å². The van der Waals surface area contributed by atoms with Gasteiger partial charge in [0.25, 0.3) is 0 Å². The molecule has 0 amide bonds. The van der Waals surface area contributed by atoms with Gasteiger partial charge >= 0.3 is 0 Å². The Morgan fingerprint density at radius 2 is 1.17 bits per heavy atom. The summed E-state index contributed by atoms with van der Waals surface area (Å²) in [4.78, 5) is 30.2. The van der Waals surface area contributed by atoms with E-state index in [0.29, 0.717) is 17.5 Å². The normalized spacial score (nSPS) is 15.9. The number of allylic oxidation sites excluding steroid dienone is 5. The van der Waals surface area contributed by atoms with Gasteiger partial charge in [-0.05, 0) is 54.1 Å². The predicted molar refractivity (Wildman–Crippen MR) is 145 cm³/mol. The molecule has 0 radical (unpaired) electrons. The number of para-hydroxylation sites is 5. The summed E-state index contributed by atoms with van der Waals surface area (Å²) in [7, 11) is 0. The van der Waals surface area contributed by atoms with Crippen LogP contribution in [0, 0.1) is 0 Å². The molecular weight excluding hydrogens is 464 g/mol. The van der Waals surface area contributed by atoms with Crippen molar-refractivity contribution in [1.82, 2.24) is 0 Å². The number of anilines is 5. The van der Waals surface area contributed by atoms with Gasteiger partial charge in [-0.3, -0.25) is 9.59 Å². The number of carbonyl (C=O) groups is 2. The summed E-state index contributed by atoms with van der Waals surface area (Å²) in [5.41, 5.74) is 8.85. The van der Waals surface area contributed by atoms with Gasteiger partial charge in [-0.2, -0.15) is 11.3 Å². The Labute approximate surface area is 212 Å². The summed E-state index contributed by atoms with van der Waals surface area (Å²) in [5, 5.41) is 3.53. The van der Waals surface area contributed by atoms with E-state index in [1.165, 1.54) is 11.3 Å². The van der Waals surface area contributed by atoms with E-state index >= 15 is 0 Å². The average Bonchev–Trinajstić information content (AvgIpc) is 3.64. The van der Waals surface area contributed by atoms with Crippen LogP contribution in [0.2, 0.25) is 0 Å². The third-order valence-electron chi connectivity index (χ3n) is 6.87.